The van der Waals surface area contributed by atoms with E-state index in [1.54, 1.807) is 7.05 Å². The topological polar surface area (TPSA) is 58.6 Å². The summed E-state index contributed by atoms with van der Waals surface area (Å²) in [5, 5.41) is 3.01. The van der Waals surface area contributed by atoms with Crippen LogP contribution in [0.25, 0.3) is 0 Å². The lowest BCUT2D eigenvalue weighted by Crippen LogP contribution is -2.34. The van der Waals surface area contributed by atoms with Crippen molar-refractivity contribution in [1.82, 2.24) is 4.90 Å². The summed E-state index contributed by atoms with van der Waals surface area (Å²) in [4.78, 5) is 26.6. The van der Waals surface area contributed by atoms with Crippen LogP contribution in [0.1, 0.15) is 60.7 Å². The lowest BCUT2D eigenvalue weighted by molar-refractivity contribution is 0.0285. The molecule has 0 spiro atoms. The highest BCUT2D eigenvalue weighted by Crippen LogP contribution is 2.24. The first-order valence-corrected chi connectivity index (χ1v) is 10.2. The Balaban J connectivity index is 1.72. The number of hydrogen-bond acceptors (Lipinski definition) is 3. The predicted molar refractivity (Wildman–Crippen MR) is 115 cm³/mol. The predicted octanol–water partition coefficient (Wildman–Crippen LogP) is 5.18. The van der Waals surface area contributed by atoms with Crippen molar-refractivity contribution >= 4 is 17.7 Å². The maximum atomic E-state index is 12.8. The van der Waals surface area contributed by atoms with Gasteiger partial charge in [0.1, 0.15) is 5.60 Å². The minimum absolute atomic E-state index is 0.134. The van der Waals surface area contributed by atoms with E-state index >= 15 is 0 Å². The molecule has 0 unspecified atom stereocenters. The molecular weight excluding hydrogens is 364 g/mol. The van der Waals surface area contributed by atoms with Gasteiger partial charge in [-0.1, -0.05) is 24.3 Å². The largest absolute Gasteiger partial charge is 0.444 e. The van der Waals surface area contributed by atoms with Gasteiger partial charge in [-0.15, -0.1) is 0 Å². The molecule has 0 aromatic heterocycles. The molecule has 0 radical (unpaired) electrons. The zero-order valence-corrected chi connectivity index (χ0v) is 17.7. The molecular formula is C24H30N2O3. The summed E-state index contributed by atoms with van der Waals surface area (Å²) in [5.74, 6) is -0.134. The number of fused-ring (bicyclic) bond motifs is 1. The second kappa shape index (κ2) is 8.68. The molecule has 3 rings (SSSR count). The van der Waals surface area contributed by atoms with Gasteiger partial charge in [-0.2, -0.15) is 0 Å². The van der Waals surface area contributed by atoms with Crippen LogP contribution < -0.4 is 5.32 Å². The van der Waals surface area contributed by atoms with Gasteiger partial charge in [-0.05, 0) is 81.3 Å². The lowest BCUT2D eigenvalue weighted by Gasteiger charge is -2.25. The highest BCUT2D eigenvalue weighted by atomic mass is 16.6. The van der Waals surface area contributed by atoms with Crippen LogP contribution in [0.4, 0.5) is 10.5 Å². The maximum Gasteiger partial charge on any atom is 0.410 e. The van der Waals surface area contributed by atoms with E-state index in [0.717, 1.165) is 18.4 Å². The Morgan fingerprint density at radius 1 is 1.03 bits per heavy atom. The number of ether oxygens (including phenoxy) is 1. The standard InChI is InChI=1S/C24H30N2O3/c1-24(2,3)29-23(28)26(4)16-20-11-7-8-12-21(20)25-22(27)19-14-13-17-9-5-6-10-18(17)15-19/h7-8,11-15H,5-6,9-10,16H2,1-4H3,(H,25,27). The third-order valence-electron chi connectivity index (χ3n) is 4.99. The molecule has 1 aliphatic rings. The minimum Gasteiger partial charge on any atom is -0.444 e. The molecule has 5 heteroatoms. The molecule has 0 fully saturated rings. The molecule has 0 atom stereocenters. The third-order valence-corrected chi connectivity index (χ3v) is 4.99. The number of nitrogens with zero attached hydrogens (tertiary/aromatic N) is 1. The maximum absolute atomic E-state index is 12.8. The number of hydrogen-bond donors (Lipinski definition) is 1. The second-order valence-corrected chi connectivity index (χ2v) is 8.64. The van der Waals surface area contributed by atoms with Crippen molar-refractivity contribution in [1.29, 1.82) is 0 Å². The first-order chi connectivity index (χ1) is 13.7. The van der Waals surface area contributed by atoms with E-state index in [1.807, 2.05) is 57.2 Å². The van der Waals surface area contributed by atoms with Crippen LogP contribution in [0, 0.1) is 0 Å². The van der Waals surface area contributed by atoms with Gasteiger partial charge in [0.2, 0.25) is 0 Å². The van der Waals surface area contributed by atoms with E-state index < -0.39 is 11.7 Å². The smallest absolute Gasteiger partial charge is 0.410 e. The number of benzene rings is 2. The van der Waals surface area contributed by atoms with Crippen molar-refractivity contribution in [3.63, 3.8) is 0 Å². The van der Waals surface area contributed by atoms with Gasteiger partial charge in [0, 0.05) is 18.3 Å². The summed E-state index contributed by atoms with van der Waals surface area (Å²) < 4.78 is 5.41. The fraction of sp³-hybridized carbons (Fsp3) is 0.417. The minimum atomic E-state index is -0.550. The molecule has 2 aromatic carbocycles. The van der Waals surface area contributed by atoms with E-state index in [9.17, 15) is 9.59 Å². The number of anilines is 1. The van der Waals surface area contributed by atoms with E-state index in [-0.39, 0.29) is 5.91 Å². The molecule has 5 nitrogen and oxygen atoms in total. The van der Waals surface area contributed by atoms with Gasteiger partial charge in [0.15, 0.2) is 0 Å². The SMILES string of the molecule is CN(Cc1ccccc1NC(=O)c1ccc2c(c1)CCCC2)C(=O)OC(C)(C)C. The van der Waals surface area contributed by atoms with Gasteiger partial charge < -0.3 is 15.0 Å². The molecule has 0 bridgehead atoms. The Kier molecular flexibility index (Phi) is 6.26. The number of aryl methyl sites for hydroxylation is 2. The summed E-state index contributed by atoms with van der Waals surface area (Å²) in [6.07, 6.45) is 4.13. The van der Waals surface area contributed by atoms with Gasteiger partial charge in [0.05, 0.1) is 6.54 Å². The summed E-state index contributed by atoms with van der Waals surface area (Å²) >= 11 is 0. The Morgan fingerprint density at radius 2 is 1.72 bits per heavy atom. The fourth-order valence-electron chi connectivity index (χ4n) is 3.51. The van der Waals surface area contributed by atoms with Crippen LogP contribution in [0.5, 0.6) is 0 Å². The van der Waals surface area contributed by atoms with Gasteiger partial charge in [-0.25, -0.2) is 4.79 Å². The van der Waals surface area contributed by atoms with Crippen LogP contribution in [-0.2, 0) is 24.1 Å². The number of rotatable bonds is 4. The number of nitrogens with one attached hydrogen (secondary N) is 1. The molecule has 0 saturated carbocycles. The number of amides is 2. The normalized spacial score (nSPS) is 13.4. The van der Waals surface area contributed by atoms with Crippen molar-refractivity contribution in [3.05, 3.63) is 64.7 Å². The highest BCUT2D eigenvalue weighted by molar-refractivity contribution is 6.04. The number of carbonyl (C=O) groups excluding carboxylic acids is 2. The fourth-order valence-corrected chi connectivity index (χ4v) is 3.51. The molecule has 2 amide bonds. The zero-order valence-electron chi connectivity index (χ0n) is 17.7. The van der Waals surface area contributed by atoms with Gasteiger partial charge in [0.25, 0.3) is 5.91 Å². The average molecular weight is 395 g/mol. The summed E-state index contributed by atoms with van der Waals surface area (Å²) in [5.41, 5.74) is 4.30. The number of para-hydroxylation sites is 1. The molecule has 1 N–H and O–H groups in total. The van der Waals surface area contributed by atoms with E-state index in [0.29, 0.717) is 17.8 Å². The second-order valence-electron chi connectivity index (χ2n) is 8.64. The van der Waals surface area contributed by atoms with Crippen molar-refractivity contribution in [2.24, 2.45) is 0 Å². The number of carbonyl (C=O) groups is 2. The highest BCUT2D eigenvalue weighted by Gasteiger charge is 2.21. The lowest BCUT2D eigenvalue weighted by atomic mass is 9.90. The molecule has 154 valence electrons. The van der Waals surface area contributed by atoms with E-state index in [1.165, 1.54) is 28.9 Å². The summed E-state index contributed by atoms with van der Waals surface area (Å²) in [6, 6.07) is 13.5. The van der Waals surface area contributed by atoms with Crippen LogP contribution in [-0.4, -0.2) is 29.5 Å². The average Bonchev–Trinajstić information content (AvgIpc) is 2.67. The van der Waals surface area contributed by atoms with Gasteiger partial charge in [-0.3, -0.25) is 4.79 Å². The first-order valence-electron chi connectivity index (χ1n) is 10.2. The Bertz CT molecular complexity index is 899. The molecule has 0 heterocycles. The Labute approximate surface area is 173 Å². The monoisotopic (exact) mass is 394 g/mol. The van der Waals surface area contributed by atoms with E-state index in [4.69, 9.17) is 4.74 Å². The Morgan fingerprint density at radius 3 is 2.45 bits per heavy atom. The van der Waals surface area contributed by atoms with Crippen molar-refractivity contribution in [3.8, 4) is 0 Å². The summed E-state index contributed by atoms with van der Waals surface area (Å²) in [6.45, 7) is 5.86. The third kappa shape index (κ3) is 5.59. The quantitative estimate of drug-likeness (QED) is 0.777. The molecule has 2 aromatic rings. The van der Waals surface area contributed by atoms with Crippen LogP contribution >= 0.6 is 0 Å². The van der Waals surface area contributed by atoms with Gasteiger partial charge >= 0.3 is 6.09 Å². The van der Waals surface area contributed by atoms with Crippen LogP contribution in [0.15, 0.2) is 42.5 Å². The van der Waals surface area contributed by atoms with Crippen LogP contribution in [0.2, 0.25) is 0 Å². The molecule has 0 saturated heterocycles. The van der Waals surface area contributed by atoms with E-state index in [2.05, 4.69) is 11.4 Å². The first kappa shape index (κ1) is 20.9. The molecule has 0 aliphatic heterocycles. The zero-order chi connectivity index (χ0) is 21.0. The Hall–Kier alpha value is -2.82. The van der Waals surface area contributed by atoms with Crippen LogP contribution in [0.3, 0.4) is 0 Å². The summed E-state index contributed by atoms with van der Waals surface area (Å²) in [7, 11) is 1.69. The molecule has 1 aliphatic carbocycles. The van der Waals surface area contributed by atoms with Crippen molar-refractivity contribution < 1.29 is 14.3 Å². The van der Waals surface area contributed by atoms with Crippen molar-refractivity contribution in [2.75, 3.05) is 12.4 Å². The van der Waals surface area contributed by atoms with Crippen molar-refractivity contribution in [2.45, 2.75) is 58.6 Å². The molecule has 29 heavy (non-hydrogen) atoms.